The number of aliphatic hydroxyl groups is 1. The first-order valence-corrected chi connectivity index (χ1v) is 7.40. The van der Waals surface area contributed by atoms with Gasteiger partial charge in [-0.25, -0.2) is 0 Å². The fourth-order valence-corrected chi connectivity index (χ4v) is 5.75. The molecule has 4 bridgehead atoms. The number of hydrogen-bond donors (Lipinski definition) is 4. The van der Waals surface area contributed by atoms with E-state index in [1.807, 2.05) is 0 Å². The van der Waals surface area contributed by atoms with Gasteiger partial charge in [0.25, 0.3) is 0 Å². The maximum Gasteiger partial charge on any atom is 0.321 e. The molecule has 0 amide bonds. The molecule has 4 saturated carbocycles. The summed E-state index contributed by atoms with van der Waals surface area (Å²) in [6, 6.07) is -1.29. The third kappa shape index (κ3) is 1.79. The van der Waals surface area contributed by atoms with Crippen molar-refractivity contribution >= 4 is 5.97 Å². The van der Waals surface area contributed by atoms with Crippen molar-refractivity contribution in [2.45, 2.75) is 50.6 Å². The molecule has 112 valence electrons. The zero-order chi connectivity index (χ0) is 14.7. The lowest BCUT2D eigenvalue weighted by Crippen LogP contribution is -2.64. The lowest BCUT2D eigenvalue weighted by molar-refractivity contribution is -0.159. The van der Waals surface area contributed by atoms with Crippen LogP contribution in [0.25, 0.3) is 0 Å². The number of nitrogens with two attached hydrogens (primary N) is 2. The summed E-state index contributed by atoms with van der Waals surface area (Å²) in [6.45, 7) is 3.60. The van der Waals surface area contributed by atoms with Gasteiger partial charge in [-0.05, 0) is 61.2 Å². The first-order chi connectivity index (χ1) is 9.28. The summed E-state index contributed by atoms with van der Waals surface area (Å²) in [5.74, 6) is 0.0867. The van der Waals surface area contributed by atoms with Crippen molar-refractivity contribution in [3.63, 3.8) is 0 Å². The molecule has 4 rings (SSSR count). The molecule has 0 spiro atoms. The molecule has 4 aliphatic carbocycles. The summed E-state index contributed by atoms with van der Waals surface area (Å²) in [5.41, 5.74) is 11.7. The summed E-state index contributed by atoms with van der Waals surface area (Å²) in [6.07, 6.45) is 5.59. The van der Waals surface area contributed by atoms with Gasteiger partial charge in [0.1, 0.15) is 11.8 Å². The van der Waals surface area contributed by atoms with Crippen LogP contribution in [-0.4, -0.2) is 28.3 Å². The van der Waals surface area contributed by atoms with Crippen molar-refractivity contribution in [3.8, 4) is 0 Å². The normalized spacial score (nSPS) is 45.1. The summed E-state index contributed by atoms with van der Waals surface area (Å²) in [4.78, 5) is 11.4. The van der Waals surface area contributed by atoms with E-state index in [-0.39, 0.29) is 16.6 Å². The smallest absolute Gasteiger partial charge is 0.321 e. The molecule has 4 fully saturated rings. The third-order valence-corrected chi connectivity index (χ3v) is 6.10. The Morgan fingerprint density at radius 1 is 1.05 bits per heavy atom. The van der Waals surface area contributed by atoms with Crippen molar-refractivity contribution in [1.29, 1.82) is 0 Å². The number of carboxylic acids is 1. The molecule has 0 saturated heterocycles. The first kappa shape index (κ1) is 13.9. The van der Waals surface area contributed by atoms with E-state index in [0.717, 1.165) is 32.1 Å². The number of carbonyl (C=O) groups is 1. The standard InChI is InChI=1S/C15H24N2O3/c1-8(18)11(16)14-3-9-2-10(4-14)6-15(5-9,7-14)12(17)13(19)20/h9-12,18H,1-7,16-17H2,(H,19,20)/t9?,10?,11-,12-,14?,15?/m0/s1. The van der Waals surface area contributed by atoms with Crippen molar-refractivity contribution in [2.75, 3.05) is 0 Å². The second kappa shape index (κ2) is 4.21. The van der Waals surface area contributed by atoms with Gasteiger partial charge in [-0.2, -0.15) is 0 Å². The van der Waals surface area contributed by atoms with Crippen LogP contribution in [0.15, 0.2) is 12.3 Å². The number of carboxylic acid groups (broad SMARTS) is 1. The van der Waals surface area contributed by atoms with Crippen LogP contribution in [0.3, 0.4) is 0 Å². The molecule has 0 radical (unpaired) electrons. The van der Waals surface area contributed by atoms with Crippen LogP contribution in [0.4, 0.5) is 0 Å². The fourth-order valence-electron chi connectivity index (χ4n) is 5.75. The van der Waals surface area contributed by atoms with E-state index in [0.29, 0.717) is 18.3 Å². The molecule has 0 heterocycles. The molecule has 20 heavy (non-hydrogen) atoms. The zero-order valence-electron chi connectivity index (χ0n) is 11.7. The number of rotatable bonds is 4. The highest BCUT2D eigenvalue weighted by atomic mass is 16.4. The average molecular weight is 280 g/mol. The fraction of sp³-hybridized carbons (Fsp3) is 0.800. The molecule has 4 atom stereocenters. The van der Waals surface area contributed by atoms with Gasteiger partial charge < -0.3 is 21.7 Å². The molecule has 0 aliphatic heterocycles. The van der Waals surface area contributed by atoms with Gasteiger partial charge >= 0.3 is 5.97 Å². The topological polar surface area (TPSA) is 110 Å². The van der Waals surface area contributed by atoms with Gasteiger partial charge in [-0.15, -0.1) is 0 Å². The van der Waals surface area contributed by atoms with E-state index in [9.17, 15) is 15.0 Å². The highest BCUT2D eigenvalue weighted by molar-refractivity contribution is 5.74. The van der Waals surface area contributed by atoms with Crippen molar-refractivity contribution in [3.05, 3.63) is 12.3 Å². The van der Waals surface area contributed by atoms with Crippen LogP contribution in [0, 0.1) is 22.7 Å². The quantitative estimate of drug-likeness (QED) is 0.582. The number of aliphatic hydroxyl groups excluding tert-OH is 1. The second-order valence-electron chi connectivity index (χ2n) is 7.47. The van der Waals surface area contributed by atoms with E-state index in [4.69, 9.17) is 11.5 Å². The molecule has 0 aromatic rings. The van der Waals surface area contributed by atoms with Crippen LogP contribution in [0.1, 0.15) is 38.5 Å². The van der Waals surface area contributed by atoms with Gasteiger partial charge in [0.15, 0.2) is 0 Å². The summed E-state index contributed by atoms with van der Waals surface area (Å²) in [7, 11) is 0. The minimum absolute atomic E-state index is 0.0194. The number of aliphatic carboxylic acids is 1. The SMILES string of the molecule is C=C(O)[C@H](N)C12CC3CC(C1)CC([C@@H](N)C(=O)O)(C3)C2. The molecule has 0 aromatic heterocycles. The van der Waals surface area contributed by atoms with Crippen LogP contribution < -0.4 is 11.5 Å². The van der Waals surface area contributed by atoms with Crippen molar-refractivity contribution in [2.24, 2.45) is 34.1 Å². The Morgan fingerprint density at radius 2 is 1.50 bits per heavy atom. The summed E-state index contributed by atoms with van der Waals surface area (Å²) >= 11 is 0. The monoisotopic (exact) mass is 280 g/mol. The largest absolute Gasteiger partial charge is 0.511 e. The molecular weight excluding hydrogens is 256 g/mol. The maximum absolute atomic E-state index is 11.4. The average Bonchev–Trinajstić information content (AvgIpc) is 2.35. The Kier molecular flexibility index (Phi) is 2.93. The van der Waals surface area contributed by atoms with Crippen LogP contribution in [-0.2, 0) is 4.79 Å². The molecule has 2 unspecified atom stereocenters. The Labute approximate surface area is 119 Å². The minimum Gasteiger partial charge on any atom is -0.511 e. The second-order valence-corrected chi connectivity index (χ2v) is 7.47. The van der Waals surface area contributed by atoms with Gasteiger partial charge in [-0.1, -0.05) is 6.58 Å². The van der Waals surface area contributed by atoms with Crippen molar-refractivity contribution in [1.82, 2.24) is 0 Å². The molecular formula is C15H24N2O3. The van der Waals surface area contributed by atoms with Crippen LogP contribution in [0.5, 0.6) is 0 Å². The van der Waals surface area contributed by atoms with Gasteiger partial charge in [0, 0.05) is 0 Å². The lowest BCUT2D eigenvalue weighted by Gasteiger charge is -2.64. The van der Waals surface area contributed by atoms with E-state index >= 15 is 0 Å². The summed E-state index contributed by atoms with van der Waals surface area (Å²) in [5, 5.41) is 19.1. The first-order valence-electron chi connectivity index (χ1n) is 7.40. The van der Waals surface area contributed by atoms with Gasteiger partial charge in [0.05, 0.1) is 6.04 Å². The molecule has 6 N–H and O–H groups in total. The van der Waals surface area contributed by atoms with E-state index in [1.54, 1.807) is 0 Å². The highest BCUT2D eigenvalue weighted by Gasteiger charge is 2.62. The number of hydrogen-bond acceptors (Lipinski definition) is 4. The molecule has 5 nitrogen and oxygen atoms in total. The van der Waals surface area contributed by atoms with Crippen LogP contribution >= 0.6 is 0 Å². The Balaban J connectivity index is 1.97. The lowest BCUT2D eigenvalue weighted by atomic mass is 9.41. The Morgan fingerprint density at radius 3 is 1.90 bits per heavy atom. The van der Waals surface area contributed by atoms with Gasteiger partial charge in [0.2, 0.25) is 0 Å². The Bertz CT molecular complexity index is 410. The predicted molar refractivity (Wildman–Crippen MR) is 74.9 cm³/mol. The minimum atomic E-state index is -0.918. The molecule has 0 aromatic carbocycles. The van der Waals surface area contributed by atoms with Crippen LogP contribution in [0.2, 0.25) is 0 Å². The Hall–Kier alpha value is -1.07. The maximum atomic E-state index is 11.4. The van der Waals surface area contributed by atoms with E-state index in [1.165, 1.54) is 0 Å². The molecule has 4 aliphatic rings. The predicted octanol–water partition coefficient (Wildman–Crippen LogP) is 1.38. The summed E-state index contributed by atoms with van der Waals surface area (Å²) < 4.78 is 0. The van der Waals surface area contributed by atoms with E-state index < -0.39 is 18.1 Å². The van der Waals surface area contributed by atoms with Crippen molar-refractivity contribution < 1.29 is 15.0 Å². The molecule has 5 heteroatoms. The van der Waals surface area contributed by atoms with E-state index in [2.05, 4.69) is 6.58 Å². The zero-order valence-corrected chi connectivity index (χ0v) is 11.7. The van der Waals surface area contributed by atoms with Gasteiger partial charge in [-0.3, -0.25) is 4.79 Å². The highest BCUT2D eigenvalue weighted by Crippen LogP contribution is 2.67. The third-order valence-electron chi connectivity index (χ3n) is 6.10.